The van der Waals surface area contributed by atoms with Crippen LogP contribution in [0, 0.1) is 10.4 Å². The molecule has 2 heteroatoms. The van der Waals surface area contributed by atoms with Gasteiger partial charge in [0.05, 0.1) is 0 Å². The zero-order valence-corrected chi connectivity index (χ0v) is 10.1. The van der Waals surface area contributed by atoms with Crippen LogP contribution in [0.2, 0.25) is 0 Å². The van der Waals surface area contributed by atoms with Crippen LogP contribution in [0.3, 0.4) is 0 Å². The van der Waals surface area contributed by atoms with Gasteiger partial charge in [0.15, 0.2) is 5.76 Å². The molecule has 0 unspecified atom stereocenters. The van der Waals surface area contributed by atoms with Crippen LogP contribution in [0.25, 0.3) is 12.2 Å². The van der Waals surface area contributed by atoms with Gasteiger partial charge in [0, 0.05) is 5.56 Å². The number of aliphatic hydroxyl groups is 1. The number of rotatable bonds is 0. The minimum absolute atomic E-state index is 0.190. The highest BCUT2D eigenvalue weighted by atomic mass is 16.3. The predicted molar refractivity (Wildman–Crippen MR) is 72.9 cm³/mol. The van der Waals surface area contributed by atoms with E-state index in [1.54, 1.807) is 6.08 Å². The molecular formula is C17H10O2. The third-order valence-electron chi connectivity index (χ3n) is 3.71. The zero-order chi connectivity index (χ0) is 13.0. The average Bonchev–Trinajstić information content (AvgIpc) is 2.81. The third-order valence-corrected chi connectivity index (χ3v) is 3.71. The van der Waals surface area contributed by atoms with Crippen molar-refractivity contribution in [3.8, 4) is 0 Å². The van der Waals surface area contributed by atoms with Gasteiger partial charge in [-0.3, -0.25) is 4.79 Å². The zero-order valence-electron chi connectivity index (χ0n) is 10.1. The summed E-state index contributed by atoms with van der Waals surface area (Å²) >= 11 is 0. The molecule has 0 amide bonds. The van der Waals surface area contributed by atoms with Crippen molar-refractivity contribution in [2.75, 3.05) is 0 Å². The van der Waals surface area contributed by atoms with Crippen molar-refractivity contribution in [1.29, 1.82) is 0 Å². The van der Waals surface area contributed by atoms with Gasteiger partial charge in [-0.1, -0.05) is 42.5 Å². The van der Waals surface area contributed by atoms with Crippen molar-refractivity contribution < 1.29 is 9.90 Å². The first-order chi connectivity index (χ1) is 9.25. The number of hydrogen-bond acceptors (Lipinski definition) is 2. The van der Waals surface area contributed by atoms with Crippen molar-refractivity contribution in [2.24, 2.45) is 0 Å². The SMILES string of the molecule is O=C1C(O)=CC=c2ccc3c(c21)C=c1ccccc1=3. The first-order valence-corrected chi connectivity index (χ1v) is 6.15. The number of ketones is 1. The summed E-state index contributed by atoms with van der Waals surface area (Å²) in [5, 5.41) is 13.8. The van der Waals surface area contributed by atoms with Gasteiger partial charge in [-0.05, 0) is 38.6 Å². The van der Waals surface area contributed by atoms with E-state index in [0.29, 0.717) is 5.56 Å². The van der Waals surface area contributed by atoms with Crippen LogP contribution in [-0.4, -0.2) is 10.9 Å². The number of carbonyl (C=O) groups is 1. The summed E-state index contributed by atoms with van der Waals surface area (Å²) in [6, 6.07) is 12.0. The van der Waals surface area contributed by atoms with Crippen molar-refractivity contribution in [1.82, 2.24) is 0 Å². The van der Waals surface area contributed by atoms with E-state index in [9.17, 15) is 9.90 Å². The summed E-state index contributed by atoms with van der Waals surface area (Å²) in [7, 11) is 0. The second-order valence-electron chi connectivity index (χ2n) is 4.77. The smallest absolute Gasteiger partial charge is 0.228 e. The lowest BCUT2D eigenvalue weighted by Crippen LogP contribution is -2.21. The Labute approximate surface area is 108 Å². The molecule has 19 heavy (non-hydrogen) atoms. The molecule has 2 aromatic rings. The minimum atomic E-state index is -0.293. The highest BCUT2D eigenvalue weighted by Gasteiger charge is 2.20. The van der Waals surface area contributed by atoms with Crippen molar-refractivity contribution in [3.05, 3.63) is 80.2 Å². The van der Waals surface area contributed by atoms with E-state index >= 15 is 0 Å². The number of aliphatic hydroxyl groups excluding tert-OH is 1. The molecule has 0 bridgehead atoms. The van der Waals surface area contributed by atoms with E-state index in [0.717, 1.165) is 26.4 Å². The molecule has 0 saturated carbocycles. The van der Waals surface area contributed by atoms with Gasteiger partial charge in [0.2, 0.25) is 5.78 Å². The first kappa shape index (κ1) is 10.3. The quantitative estimate of drug-likeness (QED) is 0.653. The maximum Gasteiger partial charge on any atom is 0.228 e. The summed E-state index contributed by atoms with van der Waals surface area (Å²) < 4.78 is 0. The van der Waals surface area contributed by atoms with Crippen LogP contribution >= 0.6 is 0 Å². The standard InChI is InChI=1S/C17H10O2/c18-15-8-6-10-5-7-13-12-4-2-1-3-11(12)9-14(13)16(10)17(15)19/h1-9,18H. The maximum atomic E-state index is 12.2. The molecule has 0 aromatic heterocycles. The monoisotopic (exact) mass is 246 g/mol. The normalized spacial score (nSPS) is 14.7. The Hall–Kier alpha value is -2.61. The Bertz CT molecular complexity index is 979. The molecule has 0 fully saturated rings. The van der Waals surface area contributed by atoms with Gasteiger partial charge in [-0.25, -0.2) is 0 Å². The maximum absolute atomic E-state index is 12.2. The molecule has 0 heterocycles. The molecule has 1 N–H and O–H groups in total. The summed E-state index contributed by atoms with van der Waals surface area (Å²) in [4.78, 5) is 12.2. The fourth-order valence-corrected chi connectivity index (χ4v) is 2.81. The number of fused-ring (bicyclic) bond motifs is 4. The molecule has 4 rings (SSSR count). The van der Waals surface area contributed by atoms with Crippen LogP contribution < -0.4 is 10.4 Å². The Morgan fingerprint density at radius 3 is 2.58 bits per heavy atom. The number of hydrogen-bond donors (Lipinski definition) is 1. The molecule has 0 spiro atoms. The van der Waals surface area contributed by atoms with Gasteiger partial charge in [-0.15, -0.1) is 0 Å². The van der Waals surface area contributed by atoms with E-state index in [2.05, 4.69) is 6.07 Å². The number of allylic oxidation sites excluding steroid dienone is 2. The number of carbonyl (C=O) groups excluding carboxylic acids is 1. The highest BCUT2D eigenvalue weighted by molar-refractivity contribution is 6.11. The highest BCUT2D eigenvalue weighted by Crippen LogP contribution is 2.17. The molecule has 2 nitrogen and oxygen atoms in total. The number of benzene rings is 2. The van der Waals surface area contributed by atoms with E-state index in [1.807, 2.05) is 36.4 Å². The predicted octanol–water partition coefficient (Wildman–Crippen LogP) is 1.53. The van der Waals surface area contributed by atoms with Gasteiger partial charge in [0.25, 0.3) is 0 Å². The molecule has 0 radical (unpaired) electrons. The fraction of sp³-hybridized carbons (Fsp3) is 0. The summed E-state index contributed by atoms with van der Waals surface area (Å²) in [5.74, 6) is -0.483. The molecule has 0 atom stereocenters. The molecule has 0 aliphatic heterocycles. The Morgan fingerprint density at radius 1 is 0.842 bits per heavy atom. The van der Waals surface area contributed by atoms with Crippen LogP contribution in [0.15, 0.2) is 48.2 Å². The Morgan fingerprint density at radius 2 is 1.68 bits per heavy atom. The molecule has 2 aliphatic carbocycles. The summed E-state index contributed by atoms with van der Waals surface area (Å²) in [6.45, 7) is 0. The topological polar surface area (TPSA) is 37.3 Å². The molecule has 0 saturated heterocycles. The van der Waals surface area contributed by atoms with E-state index < -0.39 is 0 Å². The van der Waals surface area contributed by atoms with Crippen LogP contribution in [-0.2, 0) is 0 Å². The summed E-state index contributed by atoms with van der Waals surface area (Å²) in [5.41, 5.74) is 1.52. The summed E-state index contributed by atoms with van der Waals surface area (Å²) in [6.07, 6.45) is 5.26. The lowest BCUT2D eigenvalue weighted by atomic mass is 9.95. The lowest BCUT2D eigenvalue weighted by Gasteiger charge is -2.09. The average molecular weight is 246 g/mol. The third kappa shape index (κ3) is 1.28. The second kappa shape index (κ2) is 3.45. The largest absolute Gasteiger partial charge is 0.504 e. The van der Waals surface area contributed by atoms with Crippen molar-refractivity contribution >= 4 is 17.9 Å². The Kier molecular flexibility index (Phi) is 1.88. The number of Topliss-reactive ketones (excluding diaryl/α,β-unsaturated/α-hetero) is 1. The van der Waals surface area contributed by atoms with Crippen LogP contribution in [0.5, 0.6) is 0 Å². The van der Waals surface area contributed by atoms with Gasteiger partial charge >= 0.3 is 0 Å². The first-order valence-electron chi connectivity index (χ1n) is 6.15. The molecule has 2 aromatic carbocycles. The second-order valence-corrected chi connectivity index (χ2v) is 4.77. The molecule has 2 aliphatic rings. The fourth-order valence-electron chi connectivity index (χ4n) is 2.81. The molecule has 90 valence electrons. The molecular weight excluding hydrogens is 236 g/mol. The minimum Gasteiger partial charge on any atom is -0.504 e. The lowest BCUT2D eigenvalue weighted by molar-refractivity contribution is 0.0975. The van der Waals surface area contributed by atoms with E-state index in [-0.39, 0.29) is 11.5 Å². The van der Waals surface area contributed by atoms with Gasteiger partial charge in [-0.2, -0.15) is 0 Å². The van der Waals surface area contributed by atoms with E-state index in [4.69, 9.17) is 0 Å². The van der Waals surface area contributed by atoms with Crippen molar-refractivity contribution in [2.45, 2.75) is 0 Å². The Balaban J connectivity index is 2.25. The van der Waals surface area contributed by atoms with Gasteiger partial charge in [0.1, 0.15) is 0 Å². The van der Waals surface area contributed by atoms with Crippen LogP contribution in [0.4, 0.5) is 0 Å². The van der Waals surface area contributed by atoms with Gasteiger partial charge < -0.3 is 5.11 Å². The van der Waals surface area contributed by atoms with Crippen molar-refractivity contribution in [3.63, 3.8) is 0 Å². The van der Waals surface area contributed by atoms with Crippen LogP contribution in [0.1, 0.15) is 15.9 Å². The van der Waals surface area contributed by atoms with E-state index in [1.165, 1.54) is 6.08 Å².